The van der Waals surface area contributed by atoms with Crippen LogP contribution < -0.4 is 10.6 Å². The monoisotopic (exact) mass is 212 g/mol. The Labute approximate surface area is 90.8 Å². The van der Waals surface area contributed by atoms with Crippen LogP contribution in [0, 0.1) is 5.92 Å². The fourth-order valence-corrected chi connectivity index (χ4v) is 1.63. The maximum Gasteiger partial charge on any atom is 0.222 e. The van der Waals surface area contributed by atoms with Crippen LogP contribution in [0.3, 0.4) is 0 Å². The van der Waals surface area contributed by atoms with Crippen molar-refractivity contribution in [3.63, 3.8) is 0 Å². The smallest absolute Gasteiger partial charge is 0.222 e. The molecule has 2 amide bonds. The Balaban J connectivity index is 2.30. The van der Waals surface area contributed by atoms with Crippen LogP contribution in [-0.2, 0) is 9.59 Å². The predicted molar refractivity (Wildman–Crippen MR) is 58.2 cm³/mol. The Bertz CT molecular complexity index is 239. The molecule has 0 aromatic rings. The number of carbonyl (C=O) groups is 2. The molecule has 4 nitrogen and oxygen atoms in total. The summed E-state index contributed by atoms with van der Waals surface area (Å²) in [4.78, 5) is 22.6. The van der Waals surface area contributed by atoms with Crippen molar-refractivity contribution in [1.29, 1.82) is 0 Å². The molecule has 0 aromatic heterocycles. The lowest BCUT2D eigenvalue weighted by atomic mass is 10.1. The molecule has 1 heterocycles. The van der Waals surface area contributed by atoms with Crippen molar-refractivity contribution in [1.82, 2.24) is 10.6 Å². The number of rotatable bonds is 3. The van der Waals surface area contributed by atoms with Gasteiger partial charge in [-0.3, -0.25) is 9.59 Å². The van der Waals surface area contributed by atoms with Gasteiger partial charge in [0, 0.05) is 24.9 Å². The first-order chi connectivity index (χ1) is 7.09. The molecule has 1 unspecified atom stereocenters. The van der Waals surface area contributed by atoms with Gasteiger partial charge in [0.1, 0.15) is 0 Å². The van der Waals surface area contributed by atoms with E-state index in [0.29, 0.717) is 13.0 Å². The summed E-state index contributed by atoms with van der Waals surface area (Å²) in [6, 6.07) is 0.114. The van der Waals surface area contributed by atoms with E-state index in [1.54, 1.807) is 0 Å². The molecule has 0 aromatic carbocycles. The quantitative estimate of drug-likeness (QED) is 0.727. The molecule has 86 valence electrons. The molecule has 0 bridgehead atoms. The minimum absolute atomic E-state index is 0.00600. The van der Waals surface area contributed by atoms with Gasteiger partial charge in [-0.2, -0.15) is 0 Å². The van der Waals surface area contributed by atoms with Crippen molar-refractivity contribution in [2.24, 2.45) is 5.92 Å². The standard InChI is InChI=1S/C11H20N2O2/c1-8(2)11(15)12-7-9-5-3-4-6-10(14)13-9/h8-9H,3-7H2,1-2H3,(H,12,15)(H,13,14). The molecule has 1 aliphatic heterocycles. The van der Waals surface area contributed by atoms with Crippen LogP contribution in [0.2, 0.25) is 0 Å². The predicted octanol–water partition coefficient (Wildman–Crippen LogP) is 0.817. The molecule has 1 atom stereocenters. The number of carbonyl (C=O) groups excluding carboxylic acids is 2. The second-order valence-corrected chi connectivity index (χ2v) is 4.41. The van der Waals surface area contributed by atoms with E-state index in [9.17, 15) is 9.59 Å². The highest BCUT2D eigenvalue weighted by Crippen LogP contribution is 2.08. The molecule has 15 heavy (non-hydrogen) atoms. The van der Waals surface area contributed by atoms with Crippen molar-refractivity contribution < 1.29 is 9.59 Å². The molecule has 1 fully saturated rings. The van der Waals surface area contributed by atoms with E-state index >= 15 is 0 Å². The van der Waals surface area contributed by atoms with Gasteiger partial charge in [-0.25, -0.2) is 0 Å². The summed E-state index contributed by atoms with van der Waals surface area (Å²) < 4.78 is 0. The Kier molecular flexibility index (Phi) is 4.59. The molecule has 2 N–H and O–H groups in total. The van der Waals surface area contributed by atoms with Gasteiger partial charge in [0.2, 0.25) is 11.8 Å². The van der Waals surface area contributed by atoms with Gasteiger partial charge >= 0.3 is 0 Å². The molecule has 0 radical (unpaired) electrons. The molecule has 0 spiro atoms. The SMILES string of the molecule is CC(C)C(=O)NCC1CCCCC(=O)N1. The van der Waals surface area contributed by atoms with E-state index < -0.39 is 0 Å². The largest absolute Gasteiger partial charge is 0.354 e. The number of nitrogens with one attached hydrogen (secondary N) is 2. The zero-order valence-corrected chi connectivity index (χ0v) is 9.51. The van der Waals surface area contributed by atoms with Crippen molar-refractivity contribution in [3.8, 4) is 0 Å². The van der Waals surface area contributed by atoms with Gasteiger partial charge in [0.05, 0.1) is 0 Å². The van der Waals surface area contributed by atoms with Gasteiger partial charge in [-0.15, -0.1) is 0 Å². The van der Waals surface area contributed by atoms with Gasteiger partial charge in [-0.05, 0) is 12.8 Å². The van der Waals surface area contributed by atoms with E-state index in [0.717, 1.165) is 19.3 Å². The van der Waals surface area contributed by atoms with Crippen LogP contribution in [0.1, 0.15) is 39.5 Å². The second-order valence-electron chi connectivity index (χ2n) is 4.41. The highest BCUT2D eigenvalue weighted by molar-refractivity contribution is 5.78. The Morgan fingerprint density at radius 3 is 2.93 bits per heavy atom. The summed E-state index contributed by atoms with van der Waals surface area (Å²) in [5.74, 6) is 0.163. The fourth-order valence-electron chi connectivity index (χ4n) is 1.63. The van der Waals surface area contributed by atoms with Crippen molar-refractivity contribution in [3.05, 3.63) is 0 Å². The number of hydrogen-bond acceptors (Lipinski definition) is 2. The average Bonchev–Trinajstić information content (AvgIpc) is 2.38. The number of amides is 2. The van der Waals surface area contributed by atoms with Gasteiger partial charge in [0.15, 0.2) is 0 Å². The third-order valence-electron chi connectivity index (χ3n) is 2.62. The molecule has 0 aliphatic carbocycles. The van der Waals surface area contributed by atoms with Crippen LogP contribution in [0.5, 0.6) is 0 Å². The highest BCUT2D eigenvalue weighted by Gasteiger charge is 2.17. The molecule has 4 heteroatoms. The fraction of sp³-hybridized carbons (Fsp3) is 0.818. The molecule has 0 saturated carbocycles. The van der Waals surface area contributed by atoms with E-state index in [4.69, 9.17) is 0 Å². The summed E-state index contributed by atoms with van der Waals surface area (Å²) in [6.45, 7) is 4.28. The average molecular weight is 212 g/mol. The molecule has 1 aliphatic rings. The maximum absolute atomic E-state index is 11.3. The Hall–Kier alpha value is -1.06. The van der Waals surface area contributed by atoms with E-state index in [-0.39, 0.29) is 23.8 Å². The summed E-state index contributed by atoms with van der Waals surface area (Å²) in [6.07, 6.45) is 3.60. The van der Waals surface area contributed by atoms with E-state index in [1.807, 2.05) is 13.8 Å². The highest BCUT2D eigenvalue weighted by atomic mass is 16.2. The van der Waals surface area contributed by atoms with Gasteiger partial charge in [-0.1, -0.05) is 20.3 Å². The normalized spacial score (nSPS) is 22.1. The van der Waals surface area contributed by atoms with Crippen molar-refractivity contribution in [2.75, 3.05) is 6.54 Å². The minimum Gasteiger partial charge on any atom is -0.354 e. The first-order valence-corrected chi connectivity index (χ1v) is 5.66. The minimum atomic E-state index is 0.00600. The van der Waals surface area contributed by atoms with Crippen molar-refractivity contribution in [2.45, 2.75) is 45.6 Å². The zero-order chi connectivity index (χ0) is 11.3. The van der Waals surface area contributed by atoms with Crippen LogP contribution in [0.25, 0.3) is 0 Å². The van der Waals surface area contributed by atoms with E-state index in [1.165, 1.54) is 0 Å². The summed E-state index contributed by atoms with van der Waals surface area (Å²) in [5, 5.41) is 5.77. The lowest BCUT2D eigenvalue weighted by molar-refractivity contribution is -0.125. The van der Waals surface area contributed by atoms with Gasteiger partial charge < -0.3 is 10.6 Å². The molecular formula is C11H20N2O2. The first kappa shape index (κ1) is 12.0. The summed E-state index contributed by atoms with van der Waals surface area (Å²) in [5.41, 5.74) is 0. The number of hydrogen-bond donors (Lipinski definition) is 2. The zero-order valence-electron chi connectivity index (χ0n) is 9.51. The van der Waals surface area contributed by atoms with Gasteiger partial charge in [0.25, 0.3) is 0 Å². The first-order valence-electron chi connectivity index (χ1n) is 5.66. The summed E-state index contributed by atoms with van der Waals surface area (Å²) >= 11 is 0. The van der Waals surface area contributed by atoms with E-state index in [2.05, 4.69) is 10.6 Å². The lowest BCUT2D eigenvalue weighted by Crippen LogP contribution is -2.43. The second kappa shape index (κ2) is 5.73. The third-order valence-corrected chi connectivity index (χ3v) is 2.62. The topological polar surface area (TPSA) is 58.2 Å². The lowest BCUT2D eigenvalue weighted by Gasteiger charge is -2.17. The maximum atomic E-state index is 11.3. The molecule has 1 saturated heterocycles. The van der Waals surface area contributed by atoms with Crippen LogP contribution >= 0.6 is 0 Å². The molecular weight excluding hydrogens is 192 g/mol. The third kappa shape index (κ3) is 4.32. The van der Waals surface area contributed by atoms with Crippen LogP contribution in [0.15, 0.2) is 0 Å². The van der Waals surface area contributed by atoms with Crippen LogP contribution in [0.4, 0.5) is 0 Å². The Morgan fingerprint density at radius 1 is 1.53 bits per heavy atom. The van der Waals surface area contributed by atoms with Crippen molar-refractivity contribution >= 4 is 11.8 Å². The Morgan fingerprint density at radius 2 is 2.27 bits per heavy atom. The summed E-state index contributed by atoms with van der Waals surface area (Å²) in [7, 11) is 0. The molecule has 1 rings (SSSR count). The van der Waals surface area contributed by atoms with Crippen LogP contribution in [-0.4, -0.2) is 24.4 Å².